The van der Waals surface area contributed by atoms with E-state index in [2.05, 4.69) is 11.9 Å². The van der Waals surface area contributed by atoms with E-state index in [9.17, 15) is 4.79 Å². The molecule has 0 amide bonds. The van der Waals surface area contributed by atoms with Gasteiger partial charge in [0.2, 0.25) is 5.82 Å². The molecule has 2 heterocycles. The molecular formula is C18H18Cl3N3O. The van der Waals surface area contributed by atoms with Gasteiger partial charge in [-0.3, -0.25) is 4.79 Å². The molecule has 1 fully saturated rings. The number of aromatic nitrogens is 2. The summed E-state index contributed by atoms with van der Waals surface area (Å²) in [6.07, 6.45) is 5.66. The number of hydrogen-bond acceptors (Lipinski definition) is 3. The van der Waals surface area contributed by atoms with Crippen molar-refractivity contribution in [2.45, 2.75) is 38.6 Å². The minimum absolute atomic E-state index is 0.109. The zero-order valence-electron chi connectivity index (χ0n) is 13.8. The Labute approximate surface area is 161 Å². The lowest BCUT2D eigenvalue weighted by Gasteiger charge is -2.23. The summed E-state index contributed by atoms with van der Waals surface area (Å²) in [5.41, 5.74) is 1.73. The van der Waals surface area contributed by atoms with E-state index in [1.165, 1.54) is 0 Å². The fourth-order valence-corrected chi connectivity index (χ4v) is 4.62. The predicted molar refractivity (Wildman–Crippen MR) is 103 cm³/mol. The fraction of sp³-hybridized carbons (Fsp3) is 0.444. The zero-order valence-corrected chi connectivity index (χ0v) is 16.1. The van der Waals surface area contributed by atoms with Crippen LogP contribution < -0.4 is 10.5 Å². The highest BCUT2D eigenvalue weighted by molar-refractivity contribution is 6.37. The second-order valence-corrected chi connectivity index (χ2v) is 7.94. The molecule has 0 unspecified atom stereocenters. The second-order valence-electron chi connectivity index (χ2n) is 6.71. The lowest BCUT2D eigenvalue weighted by molar-refractivity contribution is 0.419. The van der Waals surface area contributed by atoms with Gasteiger partial charge in [0, 0.05) is 23.8 Å². The van der Waals surface area contributed by atoms with Gasteiger partial charge in [-0.1, -0.05) is 41.7 Å². The molecule has 1 aromatic heterocycles. The van der Waals surface area contributed by atoms with Crippen molar-refractivity contribution in [2.75, 3.05) is 11.4 Å². The van der Waals surface area contributed by atoms with Crippen LogP contribution in [0.3, 0.4) is 0 Å². The number of halogens is 3. The van der Waals surface area contributed by atoms with E-state index in [1.807, 2.05) is 11.0 Å². The van der Waals surface area contributed by atoms with Crippen LogP contribution in [0.1, 0.15) is 37.8 Å². The lowest BCUT2D eigenvalue weighted by atomic mass is 10.1. The summed E-state index contributed by atoms with van der Waals surface area (Å²) in [5.74, 6) is 0.900. The molecule has 4 nitrogen and oxygen atoms in total. The summed E-state index contributed by atoms with van der Waals surface area (Å²) >= 11 is 18.8. The summed E-state index contributed by atoms with van der Waals surface area (Å²) in [4.78, 5) is 19.4. The Hall–Kier alpha value is -1.23. The molecule has 7 heteroatoms. The normalized spacial score (nSPS) is 17.7. The molecule has 0 radical (unpaired) electrons. The first kappa shape index (κ1) is 17.2. The molecule has 2 aromatic rings. The average molecular weight is 399 g/mol. The van der Waals surface area contributed by atoms with E-state index in [0.29, 0.717) is 33.5 Å². The van der Waals surface area contributed by atoms with Crippen molar-refractivity contribution in [2.24, 2.45) is 5.92 Å². The molecular weight excluding hydrogens is 381 g/mol. The van der Waals surface area contributed by atoms with E-state index < -0.39 is 0 Å². The summed E-state index contributed by atoms with van der Waals surface area (Å²) < 4.78 is 1.77. The van der Waals surface area contributed by atoms with E-state index in [4.69, 9.17) is 34.8 Å². The maximum atomic E-state index is 13.2. The van der Waals surface area contributed by atoms with Gasteiger partial charge in [0.1, 0.15) is 5.15 Å². The van der Waals surface area contributed by atoms with Crippen LogP contribution in [0.4, 0.5) is 11.5 Å². The van der Waals surface area contributed by atoms with Crippen molar-refractivity contribution in [3.63, 3.8) is 0 Å². The topological polar surface area (TPSA) is 38.1 Å². The smallest absolute Gasteiger partial charge is 0.294 e. The van der Waals surface area contributed by atoms with Gasteiger partial charge in [-0.05, 0) is 49.3 Å². The number of nitrogens with zero attached hydrogens (tertiary/aromatic N) is 3. The molecule has 1 aliphatic heterocycles. The Morgan fingerprint density at radius 1 is 1.28 bits per heavy atom. The first-order chi connectivity index (χ1) is 12.0. The van der Waals surface area contributed by atoms with E-state index in [-0.39, 0.29) is 11.6 Å². The maximum absolute atomic E-state index is 13.2. The zero-order chi connectivity index (χ0) is 17.7. The van der Waals surface area contributed by atoms with Crippen molar-refractivity contribution in [1.29, 1.82) is 0 Å². The molecule has 0 saturated heterocycles. The standard InChI is InChI=1S/C18H18Cl3N3O/c1-2-14(10-3-4-10)24-9-15(21)22-17(18(24)25)23-6-5-11-7-12(19)8-13(20)16(11)23/h7-10,14H,2-6H2,1H3/t14-/m0/s1. The first-order valence-corrected chi connectivity index (χ1v) is 9.67. The highest BCUT2D eigenvalue weighted by Gasteiger charge is 2.34. The van der Waals surface area contributed by atoms with Gasteiger partial charge in [-0.2, -0.15) is 0 Å². The fourth-order valence-electron chi connectivity index (χ4n) is 3.80. The van der Waals surface area contributed by atoms with Crippen LogP contribution in [-0.2, 0) is 6.42 Å². The van der Waals surface area contributed by atoms with E-state index in [0.717, 1.165) is 36.9 Å². The Kier molecular flexibility index (Phi) is 4.47. The van der Waals surface area contributed by atoms with Crippen molar-refractivity contribution in [3.8, 4) is 0 Å². The maximum Gasteiger partial charge on any atom is 0.294 e. The third-order valence-corrected chi connectivity index (χ3v) is 5.75. The molecule has 1 aliphatic carbocycles. The van der Waals surface area contributed by atoms with Crippen LogP contribution in [0.2, 0.25) is 15.2 Å². The minimum Gasteiger partial charge on any atom is -0.320 e. The summed E-state index contributed by atoms with van der Waals surface area (Å²) in [7, 11) is 0. The summed E-state index contributed by atoms with van der Waals surface area (Å²) in [5, 5.41) is 1.45. The second kappa shape index (κ2) is 6.49. The molecule has 25 heavy (non-hydrogen) atoms. The Morgan fingerprint density at radius 2 is 2.04 bits per heavy atom. The van der Waals surface area contributed by atoms with E-state index in [1.54, 1.807) is 16.8 Å². The van der Waals surface area contributed by atoms with Crippen molar-refractivity contribution in [3.05, 3.63) is 49.4 Å². The molecule has 0 bridgehead atoms. The largest absolute Gasteiger partial charge is 0.320 e. The molecule has 0 N–H and O–H groups in total. The van der Waals surface area contributed by atoms with Crippen LogP contribution in [0.25, 0.3) is 0 Å². The lowest BCUT2D eigenvalue weighted by Crippen LogP contribution is -2.32. The Balaban J connectivity index is 1.83. The van der Waals surface area contributed by atoms with Crippen LogP contribution in [0, 0.1) is 5.92 Å². The highest BCUT2D eigenvalue weighted by atomic mass is 35.5. The third-order valence-electron chi connectivity index (χ3n) is 5.06. The van der Waals surface area contributed by atoms with Crippen LogP contribution in [-0.4, -0.2) is 16.1 Å². The summed E-state index contributed by atoms with van der Waals surface area (Å²) in [6, 6.07) is 3.77. The molecule has 1 saturated carbocycles. The van der Waals surface area contributed by atoms with Crippen molar-refractivity contribution in [1.82, 2.24) is 9.55 Å². The van der Waals surface area contributed by atoms with Gasteiger partial charge < -0.3 is 9.47 Å². The minimum atomic E-state index is -0.109. The van der Waals surface area contributed by atoms with Gasteiger partial charge in [0.05, 0.1) is 10.7 Å². The quantitative estimate of drug-likeness (QED) is 0.705. The van der Waals surface area contributed by atoms with Crippen LogP contribution >= 0.6 is 34.8 Å². The van der Waals surface area contributed by atoms with Gasteiger partial charge in [-0.15, -0.1) is 0 Å². The SMILES string of the molecule is CC[C@@H](C1CC1)n1cc(Cl)nc(N2CCc3cc(Cl)cc(Cl)c32)c1=O. The number of rotatable bonds is 4. The van der Waals surface area contributed by atoms with Crippen molar-refractivity contribution >= 4 is 46.3 Å². The molecule has 132 valence electrons. The highest BCUT2D eigenvalue weighted by Crippen LogP contribution is 2.43. The van der Waals surface area contributed by atoms with Gasteiger partial charge in [0.25, 0.3) is 5.56 Å². The van der Waals surface area contributed by atoms with Gasteiger partial charge >= 0.3 is 0 Å². The molecule has 1 aromatic carbocycles. The Bertz CT molecular complexity index is 892. The molecule has 1 atom stereocenters. The van der Waals surface area contributed by atoms with Gasteiger partial charge in [0.15, 0.2) is 0 Å². The monoisotopic (exact) mass is 397 g/mol. The van der Waals surface area contributed by atoms with Crippen LogP contribution in [0.15, 0.2) is 23.1 Å². The van der Waals surface area contributed by atoms with Gasteiger partial charge in [-0.25, -0.2) is 4.98 Å². The number of benzene rings is 1. The number of fused-ring (bicyclic) bond motifs is 1. The molecule has 0 spiro atoms. The van der Waals surface area contributed by atoms with Crippen LogP contribution in [0.5, 0.6) is 0 Å². The third kappa shape index (κ3) is 3.05. The molecule has 2 aliphatic rings. The van der Waals surface area contributed by atoms with Crippen molar-refractivity contribution < 1.29 is 0 Å². The number of anilines is 2. The Morgan fingerprint density at radius 3 is 2.72 bits per heavy atom. The summed E-state index contributed by atoms with van der Waals surface area (Å²) in [6.45, 7) is 2.74. The van der Waals surface area contributed by atoms with E-state index >= 15 is 0 Å². The first-order valence-electron chi connectivity index (χ1n) is 8.53. The number of hydrogen-bond donors (Lipinski definition) is 0. The molecule has 4 rings (SSSR count). The predicted octanol–water partition coefficient (Wildman–Crippen LogP) is 5.26. The average Bonchev–Trinajstić information content (AvgIpc) is 3.30.